The van der Waals surface area contributed by atoms with E-state index in [1.807, 2.05) is 18.3 Å². The fourth-order valence-electron chi connectivity index (χ4n) is 5.01. The Kier molecular flexibility index (Phi) is 4.22. The number of aromatic nitrogens is 2. The van der Waals surface area contributed by atoms with E-state index in [4.69, 9.17) is 9.72 Å². The first-order valence-corrected chi connectivity index (χ1v) is 10.6. The van der Waals surface area contributed by atoms with E-state index in [1.54, 1.807) is 7.11 Å². The first-order valence-electron chi connectivity index (χ1n) is 10.6. The molecule has 5 nitrogen and oxygen atoms in total. The zero-order valence-corrected chi connectivity index (χ0v) is 16.9. The molecule has 0 spiro atoms. The number of ether oxygens (including phenoxy) is 1. The van der Waals surface area contributed by atoms with Crippen molar-refractivity contribution in [1.82, 2.24) is 14.5 Å². The van der Waals surface area contributed by atoms with E-state index in [9.17, 15) is 4.79 Å². The number of carbonyl (C=O) groups is 1. The fraction of sp³-hybridized carbons (Fsp3) is 0.565. The van der Waals surface area contributed by atoms with Crippen molar-refractivity contribution < 1.29 is 9.53 Å². The molecule has 1 unspecified atom stereocenters. The Hall–Kier alpha value is -2.30. The molecule has 3 aliphatic rings. The molecule has 1 saturated heterocycles. The highest BCUT2D eigenvalue weighted by atomic mass is 16.5. The second kappa shape index (κ2) is 6.64. The number of aryl methyl sites for hydroxylation is 1. The predicted molar refractivity (Wildman–Crippen MR) is 108 cm³/mol. The monoisotopic (exact) mass is 379 g/mol. The first-order chi connectivity index (χ1) is 13.6. The Labute approximate surface area is 166 Å². The smallest absolute Gasteiger partial charge is 0.233 e. The molecule has 0 bridgehead atoms. The van der Waals surface area contributed by atoms with Crippen LogP contribution < -0.4 is 4.74 Å². The van der Waals surface area contributed by atoms with Gasteiger partial charge in [0.25, 0.3) is 0 Å². The van der Waals surface area contributed by atoms with Crippen LogP contribution >= 0.6 is 0 Å². The number of amides is 1. The summed E-state index contributed by atoms with van der Waals surface area (Å²) in [6, 6.07) is 8.43. The van der Waals surface area contributed by atoms with E-state index in [-0.39, 0.29) is 5.41 Å². The molecule has 1 amide bonds. The number of methoxy groups -OCH3 is 1. The molecule has 2 aromatic rings. The van der Waals surface area contributed by atoms with Gasteiger partial charge >= 0.3 is 0 Å². The number of imidazole rings is 1. The minimum Gasteiger partial charge on any atom is -0.497 e. The second-order valence-corrected chi connectivity index (χ2v) is 8.76. The molecule has 5 rings (SSSR count). The van der Waals surface area contributed by atoms with Crippen LogP contribution in [0.3, 0.4) is 0 Å². The standard InChI is InChI=1S/C23H29N3O2/c1-16-14-24-21(17-4-3-5-17)26(16)19-10-13-25(15-19)22(27)23(11-12-23)18-6-8-20(28-2)9-7-18/h6-9,14,17,19H,3-5,10-13,15H2,1-2H3. The Morgan fingerprint density at radius 2 is 1.93 bits per heavy atom. The maximum Gasteiger partial charge on any atom is 0.233 e. The van der Waals surface area contributed by atoms with Gasteiger partial charge in [0.15, 0.2) is 0 Å². The van der Waals surface area contributed by atoms with Gasteiger partial charge in [-0.3, -0.25) is 4.79 Å². The van der Waals surface area contributed by atoms with Gasteiger partial charge < -0.3 is 14.2 Å². The summed E-state index contributed by atoms with van der Waals surface area (Å²) in [5, 5.41) is 0. The van der Waals surface area contributed by atoms with E-state index in [2.05, 4.69) is 28.5 Å². The lowest BCUT2D eigenvalue weighted by Crippen LogP contribution is -2.38. The molecule has 1 aromatic heterocycles. The number of hydrogen-bond acceptors (Lipinski definition) is 3. The number of likely N-dealkylation sites (tertiary alicyclic amines) is 1. The molecule has 3 fully saturated rings. The number of hydrogen-bond donors (Lipinski definition) is 0. The van der Waals surface area contributed by atoms with Crippen molar-refractivity contribution in [3.05, 3.63) is 47.5 Å². The van der Waals surface area contributed by atoms with Gasteiger partial charge in [-0.25, -0.2) is 4.98 Å². The minimum absolute atomic E-state index is 0.304. The molecular formula is C23H29N3O2. The van der Waals surface area contributed by atoms with Crippen molar-refractivity contribution >= 4 is 5.91 Å². The SMILES string of the molecule is COc1ccc(C2(C(=O)N3CCC(n4c(C)cnc4C4CCC4)C3)CC2)cc1. The molecule has 0 N–H and O–H groups in total. The van der Waals surface area contributed by atoms with Crippen LogP contribution in [-0.2, 0) is 10.2 Å². The third kappa shape index (κ3) is 2.75. The lowest BCUT2D eigenvalue weighted by atomic mass is 9.84. The quantitative estimate of drug-likeness (QED) is 0.790. The van der Waals surface area contributed by atoms with Crippen LogP contribution in [0.5, 0.6) is 5.75 Å². The number of benzene rings is 1. The average molecular weight is 380 g/mol. The van der Waals surface area contributed by atoms with Crippen molar-refractivity contribution in [2.45, 2.75) is 62.8 Å². The molecule has 2 aliphatic carbocycles. The highest BCUT2D eigenvalue weighted by Gasteiger charge is 2.53. The van der Waals surface area contributed by atoms with Crippen LogP contribution in [0.1, 0.15) is 67.6 Å². The lowest BCUT2D eigenvalue weighted by molar-refractivity contribution is -0.133. The van der Waals surface area contributed by atoms with Crippen LogP contribution in [-0.4, -0.2) is 40.6 Å². The van der Waals surface area contributed by atoms with Crippen LogP contribution in [0.2, 0.25) is 0 Å². The molecule has 5 heteroatoms. The number of nitrogens with zero attached hydrogens (tertiary/aromatic N) is 3. The average Bonchev–Trinajstić information content (AvgIpc) is 3.21. The molecule has 2 saturated carbocycles. The summed E-state index contributed by atoms with van der Waals surface area (Å²) in [7, 11) is 1.67. The Morgan fingerprint density at radius 3 is 2.54 bits per heavy atom. The molecule has 1 aliphatic heterocycles. The molecule has 148 valence electrons. The van der Waals surface area contributed by atoms with E-state index in [1.165, 1.54) is 30.8 Å². The van der Waals surface area contributed by atoms with Crippen LogP contribution in [0.25, 0.3) is 0 Å². The molecule has 1 atom stereocenters. The summed E-state index contributed by atoms with van der Waals surface area (Å²) in [5.41, 5.74) is 2.07. The van der Waals surface area contributed by atoms with E-state index in [0.717, 1.165) is 43.7 Å². The minimum atomic E-state index is -0.304. The zero-order valence-electron chi connectivity index (χ0n) is 16.9. The number of carbonyl (C=O) groups excluding carboxylic acids is 1. The van der Waals surface area contributed by atoms with Gasteiger partial charge in [-0.2, -0.15) is 0 Å². The summed E-state index contributed by atoms with van der Waals surface area (Å²) in [6.45, 7) is 3.82. The van der Waals surface area contributed by atoms with Crippen molar-refractivity contribution in [2.24, 2.45) is 0 Å². The highest BCUT2D eigenvalue weighted by Crippen LogP contribution is 2.50. The first kappa shape index (κ1) is 17.8. The molecule has 1 aromatic carbocycles. The van der Waals surface area contributed by atoms with E-state index < -0.39 is 0 Å². The van der Waals surface area contributed by atoms with Gasteiger partial charge in [0, 0.05) is 30.9 Å². The van der Waals surface area contributed by atoms with Gasteiger partial charge in [-0.15, -0.1) is 0 Å². The van der Waals surface area contributed by atoms with Crippen LogP contribution in [0, 0.1) is 6.92 Å². The van der Waals surface area contributed by atoms with Crippen molar-refractivity contribution in [3.8, 4) is 5.75 Å². The van der Waals surface area contributed by atoms with Crippen molar-refractivity contribution in [3.63, 3.8) is 0 Å². The summed E-state index contributed by atoms with van der Waals surface area (Å²) >= 11 is 0. The summed E-state index contributed by atoms with van der Waals surface area (Å²) in [5.74, 6) is 3.02. The third-order valence-electron chi connectivity index (χ3n) is 7.10. The molecular weight excluding hydrogens is 350 g/mol. The van der Waals surface area contributed by atoms with Gasteiger partial charge in [0.05, 0.1) is 18.6 Å². The van der Waals surface area contributed by atoms with Gasteiger partial charge in [0.2, 0.25) is 5.91 Å². The zero-order chi connectivity index (χ0) is 19.3. The predicted octanol–water partition coefficient (Wildman–Crippen LogP) is 3.97. The lowest BCUT2D eigenvalue weighted by Gasteiger charge is -2.29. The van der Waals surface area contributed by atoms with Gasteiger partial charge in [0.1, 0.15) is 11.6 Å². The largest absolute Gasteiger partial charge is 0.497 e. The maximum atomic E-state index is 13.4. The van der Waals surface area contributed by atoms with Gasteiger partial charge in [-0.05, 0) is 56.7 Å². The van der Waals surface area contributed by atoms with Crippen LogP contribution in [0.15, 0.2) is 30.5 Å². The van der Waals surface area contributed by atoms with E-state index >= 15 is 0 Å². The summed E-state index contributed by atoms with van der Waals surface area (Å²) in [4.78, 5) is 20.3. The van der Waals surface area contributed by atoms with Crippen molar-refractivity contribution in [2.75, 3.05) is 20.2 Å². The van der Waals surface area contributed by atoms with Crippen LogP contribution in [0.4, 0.5) is 0 Å². The number of rotatable bonds is 5. The van der Waals surface area contributed by atoms with E-state index in [0.29, 0.717) is 17.9 Å². The Bertz CT molecular complexity index is 878. The summed E-state index contributed by atoms with van der Waals surface area (Å²) < 4.78 is 7.70. The van der Waals surface area contributed by atoms with Gasteiger partial charge in [-0.1, -0.05) is 18.6 Å². The normalized spacial score (nSPS) is 23.5. The summed E-state index contributed by atoms with van der Waals surface area (Å²) in [6.07, 6.45) is 8.78. The molecule has 28 heavy (non-hydrogen) atoms. The second-order valence-electron chi connectivity index (χ2n) is 8.76. The third-order valence-corrected chi connectivity index (χ3v) is 7.10. The van der Waals surface area contributed by atoms with Crippen molar-refractivity contribution in [1.29, 1.82) is 0 Å². The molecule has 0 radical (unpaired) electrons. The Morgan fingerprint density at radius 1 is 1.18 bits per heavy atom. The topological polar surface area (TPSA) is 47.4 Å². The Balaban J connectivity index is 1.33. The maximum absolute atomic E-state index is 13.4. The molecule has 2 heterocycles. The fourth-order valence-corrected chi connectivity index (χ4v) is 5.01. The highest BCUT2D eigenvalue weighted by molar-refractivity contribution is 5.91.